The molecule has 222 valence electrons. The van der Waals surface area contributed by atoms with Crippen molar-refractivity contribution in [2.24, 2.45) is 23.3 Å². The van der Waals surface area contributed by atoms with Crippen LogP contribution < -0.4 is 22.5 Å². The molecule has 12 nitrogen and oxygen atoms in total. The lowest BCUT2D eigenvalue weighted by molar-refractivity contribution is -0.139. The monoisotopic (exact) mass is 578 g/mol. The quantitative estimate of drug-likeness (QED) is 0.373. The summed E-state index contributed by atoms with van der Waals surface area (Å²) in [5.41, 5.74) is 8.76. The molecule has 1 aromatic heterocycles. The standard InChI is InChI=1S/C26H33F3N8O4/c1-25(31,14-38)22(39)35-6-8-36(9-7-35)23(40)32-20-4-5-37(24(41)33-20)16-3-2-15(19(10-16)26(27,28)29)11-34-12-17-18(13-34)21(17)30/h2-5,10,17-18,21,38H,6-9,11-14,30-31H2,1H3,(H,32,33,40,41)/t17?,18?,21?,25-/m0/s1. The number of nitrogens with zero attached hydrogens (tertiary/aromatic N) is 5. The number of piperazine rings is 1. The number of hydrogen-bond acceptors (Lipinski definition) is 8. The van der Waals surface area contributed by atoms with Crippen LogP contribution in [0.3, 0.4) is 0 Å². The molecule has 6 N–H and O–H groups in total. The van der Waals surface area contributed by atoms with Crippen LogP contribution >= 0.6 is 0 Å². The molecule has 15 heteroatoms. The second kappa shape index (κ2) is 10.7. The molecule has 0 radical (unpaired) electrons. The minimum atomic E-state index is -4.62. The normalized spacial score (nSPS) is 24.1. The van der Waals surface area contributed by atoms with Gasteiger partial charge >= 0.3 is 17.9 Å². The third-order valence-corrected chi connectivity index (χ3v) is 8.12. The number of nitrogens with two attached hydrogens (primary N) is 2. The smallest absolute Gasteiger partial charge is 0.394 e. The highest BCUT2D eigenvalue weighted by molar-refractivity contribution is 5.89. The SMILES string of the molecule is C[C@](N)(CO)C(=O)N1CCN(C(=O)Nc2ccn(-c3ccc(CN4CC5C(N)C5C4)c(C(F)(F)F)c3)c(=O)n2)CC1. The maximum atomic E-state index is 14.0. The van der Waals surface area contributed by atoms with Crippen LogP contribution in [0, 0.1) is 11.8 Å². The number of piperidine rings is 1. The van der Waals surface area contributed by atoms with Crippen molar-refractivity contribution >= 4 is 17.8 Å². The van der Waals surface area contributed by atoms with Gasteiger partial charge in [0, 0.05) is 58.1 Å². The summed E-state index contributed by atoms with van der Waals surface area (Å²) in [6, 6.07) is 4.66. The first-order valence-electron chi connectivity index (χ1n) is 13.3. The van der Waals surface area contributed by atoms with Crippen LogP contribution in [-0.2, 0) is 17.5 Å². The van der Waals surface area contributed by atoms with E-state index in [2.05, 4.69) is 10.3 Å². The third-order valence-electron chi connectivity index (χ3n) is 8.12. The zero-order valence-electron chi connectivity index (χ0n) is 22.5. The first kappa shape index (κ1) is 29.0. The van der Waals surface area contributed by atoms with Crippen molar-refractivity contribution in [1.82, 2.24) is 24.3 Å². The molecule has 3 heterocycles. The van der Waals surface area contributed by atoms with Gasteiger partial charge in [-0.05, 0) is 42.5 Å². The summed E-state index contributed by atoms with van der Waals surface area (Å²) < 4.78 is 42.9. The first-order valence-corrected chi connectivity index (χ1v) is 13.3. The van der Waals surface area contributed by atoms with Gasteiger partial charge in [0.2, 0.25) is 5.91 Å². The summed E-state index contributed by atoms with van der Waals surface area (Å²) in [5, 5.41) is 11.8. The summed E-state index contributed by atoms with van der Waals surface area (Å²) in [7, 11) is 0. The summed E-state index contributed by atoms with van der Waals surface area (Å²) in [4.78, 5) is 46.5. The summed E-state index contributed by atoms with van der Waals surface area (Å²) in [6.07, 6.45) is -3.37. The van der Waals surface area contributed by atoms with E-state index in [0.717, 1.165) is 10.6 Å². The molecule has 3 atom stereocenters. The van der Waals surface area contributed by atoms with E-state index in [0.29, 0.717) is 24.9 Å². The van der Waals surface area contributed by atoms with E-state index >= 15 is 0 Å². The lowest BCUT2D eigenvalue weighted by Crippen LogP contribution is -2.60. The van der Waals surface area contributed by atoms with Crippen molar-refractivity contribution in [3.63, 3.8) is 0 Å². The van der Waals surface area contributed by atoms with Crippen LogP contribution in [0.1, 0.15) is 18.1 Å². The highest BCUT2D eigenvalue weighted by atomic mass is 19.4. The number of carbonyl (C=O) groups is 2. The first-order chi connectivity index (χ1) is 19.3. The van der Waals surface area contributed by atoms with E-state index in [4.69, 9.17) is 11.5 Å². The molecule has 3 aliphatic rings. The molecule has 0 bridgehead atoms. The molecule has 1 aliphatic carbocycles. The van der Waals surface area contributed by atoms with E-state index in [1.54, 1.807) is 0 Å². The number of nitrogens with one attached hydrogen (secondary N) is 1. The highest BCUT2D eigenvalue weighted by Crippen LogP contribution is 2.44. The van der Waals surface area contributed by atoms with Gasteiger partial charge in [-0.1, -0.05) is 6.07 Å². The predicted molar refractivity (Wildman–Crippen MR) is 142 cm³/mol. The van der Waals surface area contributed by atoms with Crippen molar-refractivity contribution < 1.29 is 27.9 Å². The van der Waals surface area contributed by atoms with Crippen molar-refractivity contribution in [1.29, 1.82) is 0 Å². The molecule has 3 amide bonds. The van der Waals surface area contributed by atoms with Gasteiger partial charge in [-0.3, -0.25) is 19.6 Å². The van der Waals surface area contributed by atoms with Crippen LogP contribution in [0.15, 0.2) is 35.3 Å². The molecule has 2 aliphatic heterocycles. The fourth-order valence-electron chi connectivity index (χ4n) is 5.55. The van der Waals surface area contributed by atoms with Crippen LogP contribution in [0.5, 0.6) is 0 Å². The number of aliphatic hydroxyl groups is 1. The average molecular weight is 579 g/mol. The number of alkyl halides is 3. The Morgan fingerprint density at radius 2 is 1.73 bits per heavy atom. The largest absolute Gasteiger partial charge is 0.416 e. The second-order valence-corrected chi connectivity index (χ2v) is 11.2. The molecule has 3 fully saturated rings. The number of rotatable bonds is 6. The van der Waals surface area contributed by atoms with E-state index in [1.165, 1.54) is 41.1 Å². The van der Waals surface area contributed by atoms with Gasteiger partial charge in [0.05, 0.1) is 17.9 Å². The number of urea groups is 1. The van der Waals surface area contributed by atoms with E-state index in [1.807, 2.05) is 4.90 Å². The Bertz CT molecular complexity index is 1380. The topological polar surface area (TPSA) is 163 Å². The Morgan fingerprint density at radius 1 is 1.10 bits per heavy atom. The maximum Gasteiger partial charge on any atom is 0.416 e. The fraction of sp³-hybridized carbons (Fsp3) is 0.538. The van der Waals surface area contributed by atoms with E-state index < -0.39 is 41.5 Å². The molecule has 0 spiro atoms. The highest BCUT2D eigenvalue weighted by Gasteiger charge is 2.53. The van der Waals surface area contributed by atoms with Gasteiger partial charge in [-0.25, -0.2) is 9.59 Å². The molecule has 2 unspecified atom stereocenters. The summed E-state index contributed by atoms with van der Waals surface area (Å²) in [6.45, 7) is 3.19. The Balaban J connectivity index is 1.24. The molecule has 1 saturated carbocycles. The Kier molecular flexibility index (Phi) is 7.57. The number of carbonyl (C=O) groups excluding carboxylic acids is 2. The Morgan fingerprint density at radius 3 is 2.32 bits per heavy atom. The number of benzene rings is 1. The number of anilines is 1. The van der Waals surface area contributed by atoms with Crippen molar-refractivity contribution in [3.05, 3.63) is 52.1 Å². The van der Waals surface area contributed by atoms with Gasteiger partial charge in [0.25, 0.3) is 0 Å². The van der Waals surface area contributed by atoms with Crippen LogP contribution in [-0.4, -0.2) is 98.8 Å². The molecule has 2 aromatic rings. The molecule has 1 aromatic carbocycles. The predicted octanol–water partition coefficient (Wildman–Crippen LogP) is 0.0260. The van der Waals surface area contributed by atoms with Gasteiger partial charge < -0.3 is 26.4 Å². The number of likely N-dealkylation sites (tertiary alicyclic amines) is 1. The number of aromatic nitrogens is 2. The third kappa shape index (κ3) is 5.93. The Labute approximate surface area is 233 Å². The van der Waals surface area contributed by atoms with Crippen LogP contribution in [0.4, 0.5) is 23.8 Å². The zero-order chi connectivity index (χ0) is 29.7. The van der Waals surface area contributed by atoms with Gasteiger partial charge in [0.1, 0.15) is 11.4 Å². The minimum Gasteiger partial charge on any atom is -0.394 e. The summed E-state index contributed by atoms with van der Waals surface area (Å²) >= 11 is 0. The van der Waals surface area contributed by atoms with Gasteiger partial charge in [-0.2, -0.15) is 18.2 Å². The van der Waals surface area contributed by atoms with Crippen molar-refractivity contribution in [3.8, 4) is 5.69 Å². The second-order valence-electron chi connectivity index (χ2n) is 11.2. The van der Waals surface area contributed by atoms with E-state index in [9.17, 15) is 32.7 Å². The van der Waals surface area contributed by atoms with Crippen LogP contribution in [0.2, 0.25) is 0 Å². The average Bonchev–Trinajstić information content (AvgIpc) is 3.31. The van der Waals surface area contributed by atoms with Gasteiger partial charge in [-0.15, -0.1) is 0 Å². The minimum absolute atomic E-state index is 0.00156. The van der Waals surface area contributed by atoms with Crippen LogP contribution in [0.25, 0.3) is 5.69 Å². The number of halogens is 3. The summed E-state index contributed by atoms with van der Waals surface area (Å²) in [5.74, 6) is 0.202. The van der Waals surface area contributed by atoms with Crippen molar-refractivity contribution in [2.75, 3.05) is 51.2 Å². The number of fused-ring (bicyclic) bond motifs is 1. The lowest BCUT2D eigenvalue weighted by Gasteiger charge is -2.37. The maximum absolute atomic E-state index is 14.0. The van der Waals surface area contributed by atoms with E-state index in [-0.39, 0.29) is 55.8 Å². The molecule has 41 heavy (non-hydrogen) atoms. The van der Waals surface area contributed by atoms with Crippen molar-refractivity contribution in [2.45, 2.75) is 31.2 Å². The number of hydrogen-bond donors (Lipinski definition) is 4. The Hall–Kier alpha value is -3.53. The fourth-order valence-corrected chi connectivity index (χ4v) is 5.55. The lowest BCUT2D eigenvalue weighted by atomic mass is 10.0. The van der Waals surface area contributed by atoms with Gasteiger partial charge in [0.15, 0.2) is 0 Å². The number of aliphatic hydroxyl groups excluding tert-OH is 1. The molecule has 5 rings (SSSR count). The zero-order valence-corrected chi connectivity index (χ0v) is 22.5. The number of amides is 3. The molecule has 2 saturated heterocycles. The molecular weight excluding hydrogens is 545 g/mol. The molecular formula is C26H33F3N8O4.